The SMILES string of the molecule is COc1ccc(Cc2cnc(NC(=O)C(C#N)=Cc3ccccc3)s2)cc1. The molecule has 0 radical (unpaired) electrons. The van der Waals surface area contributed by atoms with Gasteiger partial charge in [0.2, 0.25) is 0 Å². The summed E-state index contributed by atoms with van der Waals surface area (Å²) in [5.74, 6) is 0.344. The highest BCUT2D eigenvalue weighted by Crippen LogP contribution is 2.23. The zero-order chi connectivity index (χ0) is 19.1. The van der Waals surface area contributed by atoms with Crippen molar-refractivity contribution in [1.29, 1.82) is 5.26 Å². The minimum absolute atomic E-state index is 0.0353. The summed E-state index contributed by atoms with van der Waals surface area (Å²) >= 11 is 1.39. The number of methoxy groups -OCH3 is 1. The molecule has 5 nitrogen and oxygen atoms in total. The highest BCUT2D eigenvalue weighted by Gasteiger charge is 2.12. The van der Waals surface area contributed by atoms with Crippen LogP contribution in [0.15, 0.2) is 66.4 Å². The number of carbonyl (C=O) groups is 1. The molecule has 27 heavy (non-hydrogen) atoms. The Morgan fingerprint density at radius 1 is 1.22 bits per heavy atom. The lowest BCUT2D eigenvalue weighted by Gasteiger charge is -2.02. The molecular weight excluding hydrogens is 358 g/mol. The minimum Gasteiger partial charge on any atom is -0.497 e. The normalized spacial score (nSPS) is 10.9. The number of rotatable bonds is 6. The summed E-state index contributed by atoms with van der Waals surface area (Å²) in [7, 11) is 1.63. The number of ether oxygens (including phenoxy) is 1. The topological polar surface area (TPSA) is 75.0 Å². The van der Waals surface area contributed by atoms with E-state index in [1.54, 1.807) is 19.4 Å². The van der Waals surface area contributed by atoms with Crippen molar-refractivity contribution in [3.63, 3.8) is 0 Å². The van der Waals surface area contributed by atoms with Gasteiger partial charge in [0.1, 0.15) is 17.4 Å². The summed E-state index contributed by atoms with van der Waals surface area (Å²) in [5.41, 5.74) is 1.95. The molecule has 0 atom stereocenters. The first-order chi connectivity index (χ1) is 13.2. The van der Waals surface area contributed by atoms with E-state index >= 15 is 0 Å². The summed E-state index contributed by atoms with van der Waals surface area (Å²) in [6.07, 6.45) is 4.00. The number of aromatic nitrogens is 1. The summed E-state index contributed by atoms with van der Waals surface area (Å²) in [6.45, 7) is 0. The summed E-state index contributed by atoms with van der Waals surface area (Å²) in [4.78, 5) is 17.6. The van der Waals surface area contributed by atoms with Gasteiger partial charge in [-0.25, -0.2) is 4.98 Å². The maximum atomic E-state index is 12.3. The maximum Gasteiger partial charge on any atom is 0.268 e. The lowest BCUT2D eigenvalue weighted by Crippen LogP contribution is -2.13. The zero-order valence-electron chi connectivity index (χ0n) is 14.7. The van der Waals surface area contributed by atoms with Gasteiger partial charge in [0.05, 0.1) is 7.11 Å². The summed E-state index contributed by atoms with van der Waals surface area (Å²) in [5, 5.41) is 12.4. The molecule has 0 saturated heterocycles. The van der Waals surface area contributed by atoms with E-state index < -0.39 is 5.91 Å². The van der Waals surface area contributed by atoms with Crippen molar-refractivity contribution in [2.45, 2.75) is 6.42 Å². The molecule has 0 saturated carbocycles. The van der Waals surface area contributed by atoms with Gasteiger partial charge in [-0.3, -0.25) is 10.1 Å². The summed E-state index contributed by atoms with van der Waals surface area (Å²) in [6, 6.07) is 19.0. The second-order valence-electron chi connectivity index (χ2n) is 5.69. The quantitative estimate of drug-likeness (QED) is 0.515. The number of nitrogens with zero attached hydrogens (tertiary/aromatic N) is 2. The van der Waals surface area contributed by atoms with E-state index in [-0.39, 0.29) is 5.57 Å². The molecule has 0 bridgehead atoms. The molecule has 0 aliphatic carbocycles. The molecule has 0 aliphatic rings. The van der Waals surface area contributed by atoms with Crippen LogP contribution < -0.4 is 10.1 Å². The number of carbonyl (C=O) groups excluding carboxylic acids is 1. The first kappa shape index (κ1) is 18.4. The van der Waals surface area contributed by atoms with Gasteiger partial charge in [0, 0.05) is 17.5 Å². The predicted octanol–water partition coefficient (Wildman–Crippen LogP) is 4.29. The smallest absolute Gasteiger partial charge is 0.268 e. The monoisotopic (exact) mass is 375 g/mol. The van der Waals surface area contributed by atoms with Crippen LogP contribution in [0.1, 0.15) is 16.0 Å². The van der Waals surface area contributed by atoms with Crippen molar-refractivity contribution in [1.82, 2.24) is 4.98 Å². The van der Waals surface area contributed by atoms with E-state index in [2.05, 4.69) is 10.3 Å². The van der Waals surface area contributed by atoms with E-state index in [1.165, 1.54) is 11.3 Å². The van der Waals surface area contributed by atoms with Crippen LogP contribution in [0.25, 0.3) is 6.08 Å². The van der Waals surface area contributed by atoms with Crippen molar-refractivity contribution in [2.24, 2.45) is 0 Å². The van der Waals surface area contributed by atoms with Crippen LogP contribution in [0.3, 0.4) is 0 Å². The predicted molar refractivity (Wildman–Crippen MR) is 107 cm³/mol. The maximum absolute atomic E-state index is 12.3. The molecule has 1 amide bonds. The summed E-state index contributed by atoms with van der Waals surface area (Å²) < 4.78 is 5.15. The third-order valence-electron chi connectivity index (χ3n) is 3.79. The van der Waals surface area contributed by atoms with Gasteiger partial charge in [-0.15, -0.1) is 11.3 Å². The number of hydrogen-bond acceptors (Lipinski definition) is 5. The number of amides is 1. The Hall–Kier alpha value is -3.43. The van der Waals surface area contributed by atoms with Gasteiger partial charge >= 0.3 is 0 Å². The Kier molecular flexibility index (Phi) is 5.98. The number of benzene rings is 2. The largest absolute Gasteiger partial charge is 0.497 e. The molecule has 0 fully saturated rings. The number of anilines is 1. The Morgan fingerprint density at radius 2 is 1.96 bits per heavy atom. The first-order valence-corrected chi connectivity index (χ1v) is 9.05. The first-order valence-electron chi connectivity index (χ1n) is 8.24. The lowest BCUT2D eigenvalue weighted by molar-refractivity contribution is -0.112. The van der Waals surface area contributed by atoms with Gasteiger partial charge < -0.3 is 4.74 Å². The molecule has 3 rings (SSSR count). The highest BCUT2D eigenvalue weighted by molar-refractivity contribution is 7.15. The van der Waals surface area contributed by atoms with Gasteiger partial charge in [0.15, 0.2) is 5.13 Å². The van der Waals surface area contributed by atoms with Crippen LogP contribution in [-0.2, 0) is 11.2 Å². The molecule has 134 valence electrons. The van der Waals surface area contributed by atoms with E-state index in [0.29, 0.717) is 11.6 Å². The van der Waals surface area contributed by atoms with Crippen molar-refractivity contribution < 1.29 is 9.53 Å². The molecule has 1 aromatic heterocycles. The van der Waals surface area contributed by atoms with Crippen molar-refractivity contribution in [3.05, 3.63) is 82.4 Å². The third kappa shape index (κ3) is 5.03. The standard InChI is InChI=1S/C21H17N3O2S/c1-26-18-9-7-16(8-10-18)12-19-14-23-21(27-19)24-20(25)17(13-22)11-15-5-3-2-4-6-15/h2-11,14H,12H2,1H3,(H,23,24,25). The number of nitriles is 1. The second-order valence-corrected chi connectivity index (χ2v) is 6.81. The Balaban J connectivity index is 1.66. The zero-order valence-corrected chi connectivity index (χ0v) is 15.5. The van der Waals surface area contributed by atoms with Crippen LogP contribution in [0.2, 0.25) is 0 Å². The van der Waals surface area contributed by atoms with E-state index in [1.807, 2.05) is 60.7 Å². The van der Waals surface area contributed by atoms with Crippen LogP contribution >= 0.6 is 11.3 Å². The minimum atomic E-state index is -0.466. The second kappa shape index (κ2) is 8.79. The van der Waals surface area contributed by atoms with Crippen molar-refractivity contribution in [3.8, 4) is 11.8 Å². The highest BCUT2D eigenvalue weighted by atomic mass is 32.1. The number of thiazole rings is 1. The van der Waals surface area contributed by atoms with Crippen molar-refractivity contribution >= 4 is 28.5 Å². The molecular formula is C21H17N3O2S. The molecule has 3 aromatic rings. The molecule has 0 unspecified atom stereocenters. The fourth-order valence-corrected chi connectivity index (χ4v) is 3.26. The number of nitrogens with one attached hydrogen (secondary N) is 1. The van der Waals surface area contributed by atoms with Gasteiger partial charge in [0.25, 0.3) is 5.91 Å². The average Bonchev–Trinajstić information content (AvgIpc) is 3.14. The van der Waals surface area contributed by atoms with Crippen LogP contribution in [0.4, 0.5) is 5.13 Å². The molecule has 0 aliphatic heterocycles. The Labute approximate surface area is 161 Å². The van der Waals surface area contributed by atoms with Crippen LogP contribution in [-0.4, -0.2) is 18.0 Å². The molecule has 1 N–H and O–H groups in total. The molecule has 0 spiro atoms. The fraction of sp³-hybridized carbons (Fsp3) is 0.0952. The van der Waals surface area contributed by atoms with Gasteiger partial charge in [-0.05, 0) is 29.3 Å². The molecule has 2 aromatic carbocycles. The molecule has 6 heteroatoms. The van der Waals surface area contributed by atoms with Crippen LogP contribution in [0.5, 0.6) is 5.75 Å². The van der Waals surface area contributed by atoms with Crippen molar-refractivity contribution in [2.75, 3.05) is 12.4 Å². The number of hydrogen-bond donors (Lipinski definition) is 1. The van der Waals surface area contributed by atoms with Gasteiger partial charge in [-0.2, -0.15) is 5.26 Å². The average molecular weight is 375 g/mol. The van der Waals surface area contributed by atoms with Gasteiger partial charge in [-0.1, -0.05) is 42.5 Å². The van der Waals surface area contributed by atoms with E-state index in [9.17, 15) is 10.1 Å². The Bertz CT molecular complexity index is 986. The lowest BCUT2D eigenvalue weighted by atomic mass is 10.1. The van der Waals surface area contributed by atoms with Crippen LogP contribution in [0, 0.1) is 11.3 Å². The fourth-order valence-electron chi connectivity index (χ4n) is 2.42. The van der Waals surface area contributed by atoms with E-state index in [0.717, 1.165) is 21.8 Å². The Morgan fingerprint density at radius 3 is 2.63 bits per heavy atom. The molecule has 1 heterocycles. The van der Waals surface area contributed by atoms with E-state index in [4.69, 9.17) is 4.74 Å². The third-order valence-corrected chi connectivity index (χ3v) is 4.70.